The Balaban J connectivity index is 1.84. The number of carbonyl (C=O) groups is 1. The number of amides is 1. The maximum atomic E-state index is 15.2. The van der Waals surface area contributed by atoms with Crippen LogP contribution in [0.1, 0.15) is 39.8 Å². The van der Waals surface area contributed by atoms with Gasteiger partial charge in [-0.05, 0) is 19.8 Å². The molecule has 3 atom stereocenters. The van der Waals surface area contributed by atoms with Crippen LogP contribution in [-0.2, 0) is 9.53 Å². The second kappa shape index (κ2) is 6.65. The van der Waals surface area contributed by atoms with Crippen LogP contribution in [0.4, 0.5) is 16.2 Å². The zero-order valence-corrected chi connectivity index (χ0v) is 16.9. The van der Waals surface area contributed by atoms with Crippen LogP contribution in [0, 0.1) is 5.92 Å². The van der Waals surface area contributed by atoms with E-state index in [-0.39, 0.29) is 23.5 Å². The number of nitrogens with one attached hydrogen (secondary N) is 1. The van der Waals surface area contributed by atoms with Crippen molar-refractivity contribution in [3.63, 3.8) is 0 Å². The molecule has 0 bridgehead atoms. The first kappa shape index (κ1) is 19.6. The molecule has 1 amide bonds. The van der Waals surface area contributed by atoms with Crippen LogP contribution < -0.4 is 10.2 Å². The summed E-state index contributed by atoms with van der Waals surface area (Å²) in [6, 6.07) is 0.336. The van der Waals surface area contributed by atoms with Gasteiger partial charge < -0.3 is 14.7 Å². The summed E-state index contributed by atoms with van der Waals surface area (Å²) in [6.07, 6.45) is 0.817. The minimum absolute atomic E-state index is 0.0560. The Morgan fingerprint density at radius 2 is 2.17 bits per heavy atom. The van der Waals surface area contributed by atoms with E-state index in [9.17, 15) is 9.90 Å². The van der Waals surface area contributed by atoms with Gasteiger partial charge in [0.1, 0.15) is 18.2 Å². The summed E-state index contributed by atoms with van der Waals surface area (Å²) in [5.41, 5.74) is -1.36. The number of hydrogen-bond acceptors (Lipinski definition) is 7. The lowest BCUT2D eigenvalue weighted by molar-refractivity contribution is -0.118. The van der Waals surface area contributed by atoms with Crippen molar-refractivity contribution in [2.45, 2.75) is 57.7 Å². The number of aliphatic hydroxyl groups excluding tert-OH is 1. The Bertz CT molecular complexity index is 984. The van der Waals surface area contributed by atoms with Crippen molar-refractivity contribution in [3.05, 3.63) is 18.7 Å². The van der Waals surface area contributed by atoms with Crippen molar-refractivity contribution in [2.75, 3.05) is 17.3 Å². The SMILES string of the molecule is C=C1O[C@@H](n2cnc3c(N(C)C4CC4)nc(NC(=O)C(C)C)nc32)[C@](C)(F)[C@@H]1O. The molecule has 2 aliphatic rings. The lowest BCUT2D eigenvalue weighted by Crippen LogP contribution is -2.36. The predicted molar refractivity (Wildman–Crippen MR) is 105 cm³/mol. The minimum Gasteiger partial charge on any atom is -0.469 e. The lowest BCUT2D eigenvalue weighted by atomic mass is 10.0. The summed E-state index contributed by atoms with van der Waals surface area (Å²) in [5, 5.41) is 12.8. The molecule has 1 aliphatic heterocycles. The number of rotatable bonds is 5. The number of hydrogen-bond donors (Lipinski definition) is 2. The third-order valence-electron chi connectivity index (χ3n) is 5.43. The van der Waals surface area contributed by atoms with E-state index in [1.54, 1.807) is 13.8 Å². The molecule has 2 N–H and O–H groups in total. The zero-order valence-electron chi connectivity index (χ0n) is 16.9. The second-order valence-corrected chi connectivity index (χ2v) is 8.17. The monoisotopic (exact) mass is 404 g/mol. The fourth-order valence-electron chi connectivity index (χ4n) is 3.37. The Labute approximate surface area is 167 Å². The standard InChI is InChI=1S/C19H25FN6O3/c1-9(2)16(28)24-18-22-14(25(5)11-6-7-11)12-15(23-18)26(8-21-12)17-19(4,20)13(27)10(3)29-17/h8-9,11,13,17,27H,3,6-7H2,1-2,4-5H3,(H,22,23,24,28)/t13-,17-,19-/m1/s1. The van der Waals surface area contributed by atoms with E-state index in [4.69, 9.17) is 4.74 Å². The highest BCUT2D eigenvalue weighted by Gasteiger charge is 2.53. The van der Waals surface area contributed by atoms with Crippen molar-refractivity contribution in [1.82, 2.24) is 19.5 Å². The molecule has 2 fully saturated rings. The van der Waals surface area contributed by atoms with Gasteiger partial charge in [-0.25, -0.2) is 9.37 Å². The predicted octanol–water partition coefficient (Wildman–Crippen LogP) is 2.15. The minimum atomic E-state index is -2.13. The Hall–Kier alpha value is -2.75. The van der Waals surface area contributed by atoms with E-state index in [0.717, 1.165) is 12.8 Å². The normalized spacial score (nSPS) is 26.8. The van der Waals surface area contributed by atoms with E-state index in [1.807, 2.05) is 11.9 Å². The van der Waals surface area contributed by atoms with Gasteiger partial charge >= 0.3 is 0 Å². The third-order valence-corrected chi connectivity index (χ3v) is 5.43. The van der Waals surface area contributed by atoms with Gasteiger partial charge in [-0.15, -0.1) is 0 Å². The van der Waals surface area contributed by atoms with E-state index < -0.39 is 18.0 Å². The molecule has 3 heterocycles. The van der Waals surface area contributed by atoms with Crippen molar-refractivity contribution in [3.8, 4) is 0 Å². The number of alkyl halides is 1. The van der Waals surface area contributed by atoms with Gasteiger partial charge in [0.15, 0.2) is 22.7 Å². The average Bonchev–Trinajstić information content (AvgIpc) is 3.40. The third kappa shape index (κ3) is 3.21. The molecule has 10 heteroatoms. The summed E-state index contributed by atoms with van der Waals surface area (Å²) < 4.78 is 22.1. The Kier molecular flexibility index (Phi) is 4.49. The molecule has 1 saturated heterocycles. The molecule has 0 radical (unpaired) electrons. The Morgan fingerprint density at radius 3 is 2.72 bits per heavy atom. The Morgan fingerprint density at radius 1 is 1.48 bits per heavy atom. The first-order valence-electron chi connectivity index (χ1n) is 9.62. The first-order valence-corrected chi connectivity index (χ1v) is 9.62. The van der Waals surface area contributed by atoms with Gasteiger partial charge in [0.2, 0.25) is 18.1 Å². The fourth-order valence-corrected chi connectivity index (χ4v) is 3.37. The number of ether oxygens (including phenoxy) is 1. The van der Waals surface area contributed by atoms with Gasteiger partial charge in [-0.2, -0.15) is 9.97 Å². The number of carbonyl (C=O) groups excluding carboxylic acids is 1. The van der Waals surface area contributed by atoms with Gasteiger partial charge in [0.25, 0.3) is 0 Å². The second-order valence-electron chi connectivity index (χ2n) is 8.17. The van der Waals surface area contributed by atoms with Gasteiger partial charge in [-0.1, -0.05) is 20.4 Å². The van der Waals surface area contributed by atoms with E-state index in [1.165, 1.54) is 17.8 Å². The molecule has 9 nitrogen and oxygen atoms in total. The van der Waals surface area contributed by atoms with Crippen LogP contribution in [0.2, 0.25) is 0 Å². The molecule has 2 aromatic rings. The van der Waals surface area contributed by atoms with Crippen molar-refractivity contribution in [2.24, 2.45) is 5.92 Å². The highest BCUT2D eigenvalue weighted by Crippen LogP contribution is 2.44. The number of fused-ring (bicyclic) bond motifs is 1. The molecular formula is C19H25FN6O3. The number of imidazole rings is 1. The molecule has 2 aromatic heterocycles. The van der Waals surface area contributed by atoms with Crippen LogP contribution in [0.5, 0.6) is 0 Å². The van der Waals surface area contributed by atoms with Crippen LogP contribution in [0.3, 0.4) is 0 Å². The fraction of sp³-hybridized carbons (Fsp3) is 0.579. The molecule has 29 heavy (non-hydrogen) atoms. The van der Waals surface area contributed by atoms with Gasteiger partial charge in [-0.3, -0.25) is 14.7 Å². The first-order chi connectivity index (χ1) is 13.6. The maximum Gasteiger partial charge on any atom is 0.233 e. The highest BCUT2D eigenvalue weighted by atomic mass is 19.1. The quantitative estimate of drug-likeness (QED) is 0.787. The van der Waals surface area contributed by atoms with Crippen LogP contribution in [-0.4, -0.2) is 55.4 Å². The van der Waals surface area contributed by atoms with E-state index >= 15 is 4.39 Å². The molecule has 4 rings (SSSR count). The molecule has 0 unspecified atom stereocenters. The zero-order chi connectivity index (χ0) is 21.1. The summed E-state index contributed by atoms with van der Waals surface area (Å²) in [4.78, 5) is 27.5. The summed E-state index contributed by atoms with van der Waals surface area (Å²) in [6.45, 7) is 8.36. The van der Waals surface area contributed by atoms with Crippen LogP contribution >= 0.6 is 0 Å². The number of anilines is 2. The molecule has 1 saturated carbocycles. The number of nitrogens with zero attached hydrogens (tertiary/aromatic N) is 5. The number of aromatic nitrogens is 4. The molecule has 0 spiro atoms. The van der Waals surface area contributed by atoms with Gasteiger partial charge in [0.05, 0.1) is 0 Å². The molecule has 1 aliphatic carbocycles. The summed E-state index contributed by atoms with van der Waals surface area (Å²) in [5.74, 6) is 0.118. The summed E-state index contributed by atoms with van der Waals surface area (Å²) in [7, 11) is 1.91. The van der Waals surface area contributed by atoms with Gasteiger partial charge in [0, 0.05) is 19.0 Å². The van der Waals surface area contributed by atoms with Crippen LogP contribution in [0.15, 0.2) is 18.7 Å². The summed E-state index contributed by atoms with van der Waals surface area (Å²) >= 11 is 0. The maximum absolute atomic E-state index is 15.2. The van der Waals surface area contributed by atoms with E-state index in [2.05, 4.69) is 26.8 Å². The lowest BCUT2D eigenvalue weighted by Gasteiger charge is -2.24. The van der Waals surface area contributed by atoms with Crippen molar-refractivity contribution < 1.29 is 19.0 Å². The molecule has 156 valence electrons. The number of halogens is 1. The number of aliphatic hydroxyl groups is 1. The topological polar surface area (TPSA) is 105 Å². The largest absolute Gasteiger partial charge is 0.469 e. The average molecular weight is 404 g/mol. The van der Waals surface area contributed by atoms with Crippen LogP contribution in [0.25, 0.3) is 11.2 Å². The highest BCUT2D eigenvalue weighted by molar-refractivity contribution is 5.92. The van der Waals surface area contributed by atoms with E-state index in [0.29, 0.717) is 23.0 Å². The molecule has 0 aromatic carbocycles. The molecular weight excluding hydrogens is 379 g/mol. The van der Waals surface area contributed by atoms with Crippen molar-refractivity contribution in [1.29, 1.82) is 0 Å². The smallest absolute Gasteiger partial charge is 0.233 e. The van der Waals surface area contributed by atoms with Crippen molar-refractivity contribution >= 4 is 28.8 Å².